The first kappa shape index (κ1) is 11.2. The SMILES string of the molecule is CC(CCS(C)=O)Nc1nccn1C. The summed E-state index contributed by atoms with van der Waals surface area (Å²) in [6, 6.07) is 0.306. The summed E-state index contributed by atoms with van der Waals surface area (Å²) in [5.41, 5.74) is 0. The van der Waals surface area contributed by atoms with Crippen LogP contribution in [0.25, 0.3) is 0 Å². The molecule has 0 aliphatic rings. The second-order valence-electron chi connectivity index (χ2n) is 3.47. The summed E-state index contributed by atoms with van der Waals surface area (Å²) in [7, 11) is 1.24. The fourth-order valence-corrected chi connectivity index (χ4v) is 1.83. The van der Waals surface area contributed by atoms with Crippen molar-refractivity contribution in [3.8, 4) is 0 Å². The number of aryl methyl sites for hydroxylation is 1. The van der Waals surface area contributed by atoms with E-state index in [1.807, 2.05) is 17.8 Å². The number of anilines is 1. The monoisotopic (exact) mass is 215 g/mol. The molecule has 0 bridgehead atoms. The van der Waals surface area contributed by atoms with E-state index in [4.69, 9.17) is 0 Å². The van der Waals surface area contributed by atoms with Gasteiger partial charge in [-0.2, -0.15) is 0 Å². The maximum absolute atomic E-state index is 10.9. The van der Waals surface area contributed by atoms with Gasteiger partial charge in [0.05, 0.1) is 0 Å². The van der Waals surface area contributed by atoms with E-state index in [2.05, 4.69) is 17.2 Å². The average molecular weight is 215 g/mol. The van der Waals surface area contributed by atoms with Crippen LogP contribution < -0.4 is 5.32 Å². The lowest BCUT2D eigenvalue weighted by Crippen LogP contribution is -2.19. The molecule has 14 heavy (non-hydrogen) atoms. The topological polar surface area (TPSA) is 46.9 Å². The molecule has 1 heterocycles. The highest BCUT2D eigenvalue weighted by Gasteiger charge is 2.05. The molecule has 0 aliphatic carbocycles. The van der Waals surface area contributed by atoms with Crippen molar-refractivity contribution in [3.63, 3.8) is 0 Å². The lowest BCUT2D eigenvalue weighted by Gasteiger charge is -2.13. The zero-order chi connectivity index (χ0) is 10.6. The van der Waals surface area contributed by atoms with Crippen LogP contribution in [0, 0.1) is 0 Å². The van der Waals surface area contributed by atoms with Gasteiger partial charge >= 0.3 is 0 Å². The van der Waals surface area contributed by atoms with Crippen molar-refractivity contribution in [2.45, 2.75) is 19.4 Å². The molecule has 5 heteroatoms. The first-order chi connectivity index (χ1) is 6.59. The van der Waals surface area contributed by atoms with Gasteiger partial charge in [-0.1, -0.05) is 0 Å². The lowest BCUT2D eigenvalue weighted by atomic mass is 10.3. The van der Waals surface area contributed by atoms with Crippen molar-refractivity contribution in [3.05, 3.63) is 12.4 Å². The molecule has 0 fully saturated rings. The summed E-state index contributed by atoms with van der Waals surface area (Å²) in [6.07, 6.45) is 6.28. The van der Waals surface area contributed by atoms with Crippen molar-refractivity contribution in [1.82, 2.24) is 9.55 Å². The Kier molecular flexibility index (Phi) is 4.13. The van der Waals surface area contributed by atoms with E-state index in [0.29, 0.717) is 6.04 Å². The third-order valence-electron chi connectivity index (χ3n) is 2.04. The minimum atomic E-state index is -0.707. The third-order valence-corrected chi connectivity index (χ3v) is 2.85. The molecule has 1 rings (SSSR count). The summed E-state index contributed by atoms with van der Waals surface area (Å²) >= 11 is 0. The van der Waals surface area contributed by atoms with Gasteiger partial charge in [0.25, 0.3) is 0 Å². The number of nitrogens with one attached hydrogen (secondary N) is 1. The molecule has 0 saturated heterocycles. The molecule has 2 atom stereocenters. The van der Waals surface area contributed by atoms with E-state index in [1.165, 1.54) is 0 Å². The quantitative estimate of drug-likeness (QED) is 0.796. The summed E-state index contributed by atoms with van der Waals surface area (Å²) in [5, 5.41) is 3.26. The van der Waals surface area contributed by atoms with Crippen LogP contribution in [0.3, 0.4) is 0 Å². The number of imidazole rings is 1. The number of hydrogen-bond acceptors (Lipinski definition) is 3. The zero-order valence-corrected chi connectivity index (χ0v) is 9.67. The van der Waals surface area contributed by atoms with Crippen LogP contribution in [0.1, 0.15) is 13.3 Å². The van der Waals surface area contributed by atoms with Gasteiger partial charge in [0.1, 0.15) is 0 Å². The molecule has 0 aliphatic heterocycles. The van der Waals surface area contributed by atoms with Crippen molar-refractivity contribution in [1.29, 1.82) is 0 Å². The molecule has 0 saturated carbocycles. The predicted molar refractivity (Wildman–Crippen MR) is 59.8 cm³/mol. The van der Waals surface area contributed by atoms with Gasteiger partial charge < -0.3 is 9.88 Å². The average Bonchev–Trinajstić information content (AvgIpc) is 2.49. The molecule has 2 unspecified atom stereocenters. The van der Waals surface area contributed by atoms with Gasteiger partial charge in [-0.25, -0.2) is 4.98 Å². The maximum Gasteiger partial charge on any atom is 0.202 e. The number of nitrogens with zero attached hydrogens (tertiary/aromatic N) is 2. The van der Waals surface area contributed by atoms with Crippen LogP contribution in [-0.2, 0) is 17.8 Å². The largest absolute Gasteiger partial charge is 0.353 e. The van der Waals surface area contributed by atoms with E-state index in [1.54, 1.807) is 12.5 Å². The predicted octanol–water partition coefficient (Wildman–Crippen LogP) is 0.989. The minimum Gasteiger partial charge on any atom is -0.353 e. The summed E-state index contributed by atoms with van der Waals surface area (Å²) < 4.78 is 12.8. The van der Waals surface area contributed by atoms with Crippen molar-refractivity contribution in [2.75, 3.05) is 17.3 Å². The Labute approximate surface area is 87.2 Å². The van der Waals surface area contributed by atoms with Crippen LogP contribution in [0.15, 0.2) is 12.4 Å². The molecule has 1 aromatic heterocycles. The Bertz CT molecular complexity index is 311. The fraction of sp³-hybridized carbons (Fsp3) is 0.667. The Morgan fingerprint density at radius 3 is 2.93 bits per heavy atom. The molecular weight excluding hydrogens is 198 g/mol. The van der Waals surface area contributed by atoms with Gasteiger partial charge in [-0.05, 0) is 13.3 Å². The Morgan fingerprint density at radius 2 is 2.43 bits per heavy atom. The number of aromatic nitrogens is 2. The Morgan fingerprint density at radius 1 is 1.71 bits per heavy atom. The fourth-order valence-electron chi connectivity index (χ4n) is 1.14. The van der Waals surface area contributed by atoms with Gasteiger partial charge in [0.15, 0.2) is 0 Å². The summed E-state index contributed by atoms with van der Waals surface area (Å²) in [6.45, 7) is 2.07. The molecule has 1 aromatic rings. The molecule has 4 nitrogen and oxygen atoms in total. The molecule has 1 N–H and O–H groups in total. The Balaban J connectivity index is 2.37. The molecule has 0 spiro atoms. The minimum absolute atomic E-state index is 0.306. The third kappa shape index (κ3) is 3.49. The van der Waals surface area contributed by atoms with E-state index >= 15 is 0 Å². The lowest BCUT2D eigenvalue weighted by molar-refractivity contribution is 0.677. The Hall–Kier alpha value is -0.840. The highest BCUT2D eigenvalue weighted by molar-refractivity contribution is 7.84. The number of hydrogen-bond donors (Lipinski definition) is 1. The normalized spacial score (nSPS) is 15.1. The smallest absolute Gasteiger partial charge is 0.202 e. The first-order valence-corrected chi connectivity index (χ1v) is 6.36. The van der Waals surface area contributed by atoms with Crippen molar-refractivity contribution < 1.29 is 4.21 Å². The highest BCUT2D eigenvalue weighted by atomic mass is 32.2. The second kappa shape index (κ2) is 5.14. The van der Waals surface area contributed by atoms with Gasteiger partial charge in [0.2, 0.25) is 5.95 Å². The van der Waals surface area contributed by atoms with Gasteiger partial charge in [-0.3, -0.25) is 4.21 Å². The standard InChI is InChI=1S/C9H17N3OS/c1-8(4-7-14(3)13)11-9-10-5-6-12(9)2/h5-6,8H,4,7H2,1-3H3,(H,10,11). The van der Waals surface area contributed by atoms with E-state index < -0.39 is 10.8 Å². The van der Waals surface area contributed by atoms with Crippen LogP contribution in [-0.4, -0.2) is 31.8 Å². The highest BCUT2D eigenvalue weighted by Crippen LogP contribution is 2.05. The van der Waals surface area contributed by atoms with Gasteiger partial charge in [-0.15, -0.1) is 0 Å². The molecule has 80 valence electrons. The van der Waals surface area contributed by atoms with Crippen molar-refractivity contribution in [2.24, 2.45) is 7.05 Å². The van der Waals surface area contributed by atoms with Gasteiger partial charge in [0, 0.05) is 48.3 Å². The molecule has 0 radical (unpaired) electrons. The van der Waals surface area contributed by atoms with E-state index in [-0.39, 0.29) is 0 Å². The maximum atomic E-state index is 10.9. The zero-order valence-electron chi connectivity index (χ0n) is 8.86. The molecule has 0 amide bonds. The van der Waals surface area contributed by atoms with Crippen LogP contribution in [0.4, 0.5) is 5.95 Å². The van der Waals surface area contributed by atoms with Crippen LogP contribution in [0.5, 0.6) is 0 Å². The number of rotatable bonds is 5. The van der Waals surface area contributed by atoms with Crippen LogP contribution >= 0.6 is 0 Å². The second-order valence-corrected chi connectivity index (χ2v) is 5.03. The first-order valence-electron chi connectivity index (χ1n) is 4.63. The molecule has 0 aromatic carbocycles. The summed E-state index contributed by atoms with van der Waals surface area (Å²) in [4.78, 5) is 4.16. The van der Waals surface area contributed by atoms with Crippen molar-refractivity contribution >= 4 is 16.7 Å². The molecular formula is C9H17N3OS. The van der Waals surface area contributed by atoms with Crippen LogP contribution in [0.2, 0.25) is 0 Å². The summed E-state index contributed by atoms with van der Waals surface area (Å²) in [5.74, 6) is 1.60. The van der Waals surface area contributed by atoms with E-state index in [0.717, 1.165) is 18.1 Å². The van der Waals surface area contributed by atoms with E-state index in [9.17, 15) is 4.21 Å².